The van der Waals surface area contributed by atoms with Gasteiger partial charge >= 0.3 is 0 Å². The highest BCUT2D eigenvalue weighted by Crippen LogP contribution is 2.17. The normalized spacial score (nSPS) is 11.5. The first-order valence-electron chi connectivity index (χ1n) is 8.74. The summed E-state index contributed by atoms with van der Waals surface area (Å²) >= 11 is 0. The minimum atomic E-state index is -0.342. The number of carbonyl (C=O) groups excluding carboxylic acids is 2. The Balaban J connectivity index is 1.82. The summed E-state index contributed by atoms with van der Waals surface area (Å²) in [4.78, 5) is 23.7. The molecule has 0 spiro atoms. The number of ether oxygens (including phenoxy) is 1. The number of hydrogen-bond donors (Lipinski definition) is 2. The first-order chi connectivity index (χ1) is 12.4. The molecule has 1 unspecified atom stereocenters. The average Bonchev–Trinajstić information content (AvgIpc) is 2.58. The molecule has 138 valence electrons. The van der Waals surface area contributed by atoms with Crippen LogP contribution in [-0.2, 0) is 9.59 Å². The van der Waals surface area contributed by atoms with Crippen LogP contribution in [0.3, 0.4) is 0 Å². The molecule has 5 heteroatoms. The first-order valence-corrected chi connectivity index (χ1v) is 8.74. The van der Waals surface area contributed by atoms with E-state index in [4.69, 9.17) is 4.74 Å². The van der Waals surface area contributed by atoms with Gasteiger partial charge in [0.15, 0.2) is 0 Å². The van der Waals surface area contributed by atoms with Crippen LogP contribution in [0, 0.1) is 13.8 Å². The van der Waals surface area contributed by atoms with E-state index < -0.39 is 0 Å². The van der Waals surface area contributed by atoms with Gasteiger partial charge in [-0.2, -0.15) is 0 Å². The Morgan fingerprint density at radius 3 is 2.42 bits per heavy atom. The lowest BCUT2D eigenvalue weighted by Crippen LogP contribution is -2.34. The lowest BCUT2D eigenvalue weighted by atomic mass is 10.0. The highest BCUT2D eigenvalue weighted by molar-refractivity contribution is 5.79. The number of aryl methyl sites for hydroxylation is 2. The van der Waals surface area contributed by atoms with Gasteiger partial charge in [-0.1, -0.05) is 42.0 Å². The number of rotatable bonds is 8. The molecular formula is C21H26N2O3. The van der Waals surface area contributed by atoms with Gasteiger partial charge in [0.05, 0.1) is 19.0 Å². The Kier molecular flexibility index (Phi) is 7.21. The summed E-state index contributed by atoms with van der Waals surface area (Å²) in [5.74, 6) is 0.498. The Bertz CT molecular complexity index is 741. The maximum Gasteiger partial charge on any atom is 0.222 e. The summed E-state index contributed by atoms with van der Waals surface area (Å²) in [5, 5.41) is 5.68. The van der Waals surface area contributed by atoms with E-state index in [-0.39, 0.29) is 24.3 Å². The van der Waals surface area contributed by atoms with Gasteiger partial charge in [-0.15, -0.1) is 0 Å². The van der Waals surface area contributed by atoms with Crippen molar-refractivity contribution >= 4 is 11.8 Å². The van der Waals surface area contributed by atoms with Gasteiger partial charge in [-0.3, -0.25) is 9.59 Å². The van der Waals surface area contributed by atoms with Gasteiger partial charge in [0.2, 0.25) is 11.8 Å². The van der Waals surface area contributed by atoms with Crippen molar-refractivity contribution < 1.29 is 14.3 Å². The van der Waals surface area contributed by atoms with E-state index in [2.05, 4.69) is 10.6 Å². The van der Waals surface area contributed by atoms with E-state index in [9.17, 15) is 9.59 Å². The van der Waals surface area contributed by atoms with Gasteiger partial charge in [-0.25, -0.2) is 0 Å². The van der Waals surface area contributed by atoms with Crippen LogP contribution in [0.25, 0.3) is 0 Å². The molecule has 0 aliphatic rings. The summed E-state index contributed by atoms with van der Waals surface area (Å²) in [6, 6.07) is 15.2. The average molecular weight is 354 g/mol. The molecule has 2 aromatic rings. The van der Waals surface area contributed by atoms with Crippen LogP contribution in [0.2, 0.25) is 0 Å². The Hall–Kier alpha value is -2.82. The zero-order valence-corrected chi connectivity index (χ0v) is 15.5. The predicted molar refractivity (Wildman–Crippen MR) is 102 cm³/mol. The van der Waals surface area contributed by atoms with Crippen LogP contribution in [0.1, 0.15) is 36.1 Å². The zero-order chi connectivity index (χ0) is 18.9. The Morgan fingerprint density at radius 2 is 1.77 bits per heavy atom. The fourth-order valence-electron chi connectivity index (χ4n) is 2.62. The van der Waals surface area contributed by atoms with Gasteiger partial charge in [0.25, 0.3) is 0 Å². The second kappa shape index (κ2) is 9.61. The third-order valence-corrected chi connectivity index (χ3v) is 3.93. The van der Waals surface area contributed by atoms with Crippen LogP contribution in [-0.4, -0.2) is 25.0 Å². The highest BCUT2D eigenvalue weighted by Gasteiger charge is 2.16. The van der Waals surface area contributed by atoms with Crippen molar-refractivity contribution in [2.75, 3.05) is 13.2 Å². The standard InChI is InChI=1S/C21H26N2O3/c1-15-7-9-18(10-8-15)20(23-17(3)24)14-21(25)22-11-12-26-19-6-4-5-16(2)13-19/h4-10,13,20H,11-12,14H2,1-3H3,(H,22,25)(H,23,24). The number of benzene rings is 2. The molecule has 0 aromatic heterocycles. The summed E-state index contributed by atoms with van der Waals surface area (Å²) in [6.07, 6.45) is 0.188. The lowest BCUT2D eigenvalue weighted by Gasteiger charge is -2.18. The lowest BCUT2D eigenvalue weighted by molar-refractivity contribution is -0.122. The Labute approximate surface area is 154 Å². The predicted octanol–water partition coefficient (Wildman–Crippen LogP) is 3.07. The van der Waals surface area contributed by atoms with Crippen molar-refractivity contribution in [3.63, 3.8) is 0 Å². The topological polar surface area (TPSA) is 67.4 Å². The van der Waals surface area contributed by atoms with E-state index in [1.54, 1.807) is 0 Å². The summed E-state index contributed by atoms with van der Waals surface area (Å²) in [6.45, 7) is 6.26. The van der Waals surface area contributed by atoms with Crippen molar-refractivity contribution in [3.8, 4) is 5.75 Å². The molecule has 0 aliphatic heterocycles. The van der Waals surface area contributed by atoms with E-state index in [1.807, 2.05) is 62.4 Å². The first kappa shape index (κ1) is 19.5. The molecule has 2 amide bonds. The number of carbonyl (C=O) groups is 2. The highest BCUT2D eigenvalue weighted by atomic mass is 16.5. The smallest absolute Gasteiger partial charge is 0.222 e. The van der Waals surface area contributed by atoms with Crippen LogP contribution in [0.5, 0.6) is 5.75 Å². The fourth-order valence-corrected chi connectivity index (χ4v) is 2.62. The van der Waals surface area contributed by atoms with Crippen LogP contribution in [0.4, 0.5) is 0 Å². The SMILES string of the molecule is CC(=O)NC(CC(=O)NCCOc1cccc(C)c1)c1ccc(C)cc1. The third-order valence-electron chi connectivity index (χ3n) is 3.93. The van der Waals surface area contributed by atoms with E-state index in [1.165, 1.54) is 6.92 Å². The molecule has 2 rings (SSSR count). The molecular weight excluding hydrogens is 328 g/mol. The van der Waals surface area contributed by atoms with Crippen molar-refractivity contribution in [1.29, 1.82) is 0 Å². The van der Waals surface area contributed by atoms with Crippen LogP contribution < -0.4 is 15.4 Å². The molecule has 0 saturated heterocycles. The van der Waals surface area contributed by atoms with Gasteiger partial charge in [0.1, 0.15) is 12.4 Å². The molecule has 0 saturated carbocycles. The van der Waals surface area contributed by atoms with Gasteiger partial charge in [0, 0.05) is 6.92 Å². The van der Waals surface area contributed by atoms with Gasteiger partial charge < -0.3 is 15.4 Å². The number of hydrogen-bond acceptors (Lipinski definition) is 3. The largest absolute Gasteiger partial charge is 0.492 e. The minimum absolute atomic E-state index is 0.128. The fraction of sp³-hybridized carbons (Fsp3) is 0.333. The van der Waals surface area contributed by atoms with E-state index >= 15 is 0 Å². The molecule has 2 aromatic carbocycles. The molecule has 1 atom stereocenters. The second-order valence-corrected chi connectivity index (χ2v) is 6.38. The second-order valence-electron chi connectivity index (χ2n) is 6.38. The van der Waals surface area contributed by atoms with Gasteiger partial charge in [-0.05, 0) is 37.1 Å². The molecule has 0 aliphatic carbocycles. The molecule has 0 heterocycles. The van der Waals surface area contributed by atoms with Crippen LogP contribution >= 0.6 is 0 Å². The maximum absolute atomic E-state index is 12.2. The zero-order valence-electron chi connectivity index (χ0n) is 15.5. The molecule has 0 bridgehead atoms. The third kappa shape index (κ3) is 6.59. The van der Waals surface area contributed by atoms with E-state index in [0.717, 1.165) is 22.4 Å². The molecule has 26 heavy (non-hydrogen) atoms. The molecule has 0 radical (unpaired) electrons. The molecule has 5 nitrogen and oxygen atoms in total. The quantitative estimate of drug-likeness (QED) is 0.716. The summed E-state index contributed by atoms with van der Waals surface area (Å²) < 4.78 is 5.62. The van der Waals surface area contributed by atoms with Crippen molar-refractivity contribution in [2.24, 2.45) is 0 Å². The Morgan fingerprint density at radius 1 is 1.04 bits per heavy atom. The van der Waals surface area contributed by atoms with Crippen molar-refractivity contribution in [2.45, 2.75) is 33.2 Å². The number of amides is 2. The molecule has 2 N–H and O–H groups in total. The summed E-state index contributed by atoms with van der Waals surface area (Å²) in [7, 11) is 0. The van der Waals surface area contributed by atoms with Crippen LogP contribution in [0.15, 0.2) is 48.5 Å². The monoisotopic (exact) mass is 354 g/mol. The molecule has 0 fully saturated rings. The van der Waals surface area contributed by atoms with E-state index in [0.29, 0.717) is 13.2 Å². The van der Waals surface area contributed by atoms with Crippen molar-refractivity contribution in [3.05, 3.63) is 65.2 Å². The number of nitrogens with one attached hydrogen (secondary N) is 2. The van der Waals surface area contributed by atoms with Crippen molar-refractivity contribution in [1.82, 2.24) is 10.6 Å². The minimum Gasteiger partial charge on any atom is -0.492 e. The summed E-state index contributed by atoms with van der Waals surface area (Å²) in [5.41, 5.74) is 3.17. The maximum atomic E-state index is 12.2.